The van der Waals surface area contributed by atoms with E-state index in [9.17, 15) is 9.59 Å². The van der Waals surface area contributed by atoms with Crippen molar-refractivity contribution in [3.05, 3.63) is 29.3 Å². The summed E-state index contributed by atoms with van der Waals surface area (Å²) in [6.07, 6.45) is 2.25. The molecule has 0 aliphatic heterocycles. The van der Waals surface area contributed by atoms with Crippen LogP contribution in [0.25, 0.3) is 0 Å². The third-order valence-electron chi connectivity index (χ3n) is 4.21. The van der Waals surface area contributed by atoms with E-state index in [0.29, 0.717) is 24.8 Å². The lowest BCUT2D eigenvalue weighted by molar-refractivity contribution is -0.134. The van der Waals surface area contributed by atoms with Crippen LogP contribution in [-0.4, -0.2) is 24.7 Å². The summed E-state index contributed by atoms with van der Waals surface area (Å²) in [5, 5.41) is 2.70. The van der Waals surface area contributed by atoms with E-state index >= 15 is 0 Å². The van der Waals surface area contributed by atoms with Crippen molar-refractivity contribution in [3.63, 3.8) is 0 Å². The SMILES string of the molecule is CC(C)OC(=O)NCCCCCC(=O)Oc1c(C(C)C)cccc1C(C)C. The maximum Gasteiger partial charge on any atom is 0.407 e. The highest BCUT2D eigenvalue weighted by Gasteiger charge is 2.17. The summed E-state index contributed by atoms with van der Waals surface area (Å²) in [7, 11) is 0. The third-order valence-corrected chi connectivity index (χ3v) is 4.21. The molecule has 1 N–H and O–H groups in total. The molecule has 0 bridgehead atoms. The summed E-state index contributed by atoms with van der Waals surface area (Å²) in [6.45, 7) is 12.6. The quantitative estimate of drug-likeness (QED) is 0.330. The highest BCUT2D eigenvalue weighted by Crippen LogP contribution is 2.34. The molecular weight excluding hydrogens is 342 g/mol. The van der Waals surface area contributed by atoms with Gasteiger partial charge in [0.25, 0.3) is 0 Å². The van der Waals surface area contributed by atoms with Crippen molar-refractivity contribution < 1.29 is 19.1 Å². The Balaban J connectivity index is 2.44. The van der Waals surface area contributed by atoms with Crippen molar-refractivity contribution in [2.24, 2.45) is 0 Å². The van der Waals surface area contributed by atoms with Crippen molar-refractivity contribution in [2.45, 2.75) is 85.2 Å². The Kier molecular flexibility index (Phi) is 9.90. The molecule has 1 aromatic rings. The standard InChI is InChI=1S/C22H35NO4/c1-15(2)18-11-10-12-19(16(3)4)21(18)27-20(24)13-8-7-9-14-23-22(25)26-17(5)6/h10-12,15-17H,7-9,13-14H2,1-6H3,(H,23,25). The number of unbranched alkanes of at least 4 members (excludes halogenated alkanes) is 2. The van der Waals surface area contributed by atoms with E-state index in [1.165, 1.54) is 0 Å². The van der Waals surface area contributed by atoms with Gasteiger partial charge in [-0.2, -0.15) is 0 Å². The van der Waals surface area contributed by atoms with E-state index in [1.807, 2.05) is 32.0 Å². The second-order valence-corrected chi connectivity index (χ2v) is 7.74. The van der Waals surface area contributed by atoms with Gasteiger partial charge in [-0.15, -0.1) is 0 Å². The minimum absolute atomic E-state index is 0.121. The van der Waals surface area contributed by atoms with Crippen LogP contribution in [0, 0.1) is 0 Å². The molecule has 5 heteroatoms. The van der Waals surface area contributed by atoms with Gasteiger partial charge in [0.1, 0.15) is 5.75 Å². The Bertz CT molecular complexity index is 582. The highest BCUT2D eigenvalue weighted by atomic mass is 16.6. The lowest BCUT2D eigenvalue weighted by atomic mass is 9.94. The van der Waals surface area contributed by atoms with Gasteiger partial charge in [0.15, 0.2) is 0 Å². The van der Waals surface area contributed by atoms with Gasteiger partial charge in [-0.3, -0.25) is 4.79 Å². The molecule has 0 radical (unpaired) electrons. The largest absolute Gasteiger partial charge is 0.447 e. The third kappa shape index (κ3) is 8.46. The van der Waals surface area contributed by atoms with Crippen molar-refractivity contribution in [1.29, 1.82) is 0 Å². The number of amides is 1. The minimum Gasteiger partial charge on any atom is -0.447 e. The molecule has 1 rings (SSSR count). The molecule has 27 heavy (non-hydrogen) atoms. The summed E-state index contributed by atoms with van der Waals surface area (Å²) < 4.78 is 10.8. The molecule has 0 heterocycles. The van der Waals surface area contributed by atoms with E-state index in [2.05, 4.69) is 33.0 Å². The number of hydrogen-bond donors (Lipinski definition) is 1. The van der Waals surface area contributed by atoms with Gasteiger partial charge in [0.05, 0.1) is 6.10 Å². The molecule has 0 aliphatic carbocycles. The topological polar surface area (TPSA) is 64.6 Å². The molecule has 0 saturated carbocycles. The summed E-state index contributed by atoms with van der Waals surface area (Å²) in [5.41, 5.74) is 2.14. The number of nitrogens with one attached hydrogen (secondary N) is 1. The summed E-state index contributed by atoms with van der Waals surface area (Å²) in [6, 6.07) is 6.08. The molecule has 0 aromatic heterocycles. The fourth-order valence-corrected chi connectivity index (χ4v) is 2.78. The zero-order valence-electron chi connectivity index (χ0n) is 17.6. The Hall–Kier alpha value is -2.04. The molecule has 0 fully saturated rings. The summed E-state index contributed by atoms with van der Waals surface area (Å²) in [4.78, 5) is 23.7. The van der Waals surface area contributed by atoms with Gasteiger partial charge in [-0.25, -0.2) is 4.79 Å². The first kappa shape index (κ1) is 23.0. The van der Waals surface area contributed by atoms with E-state index in [0.717, 1.165) is 36.1 Å². The fourth-order valence-electron chi connectivity index (χ4n) is 2.78. The normalized spacial score (nSPS) is 11.1. The molecule has 0 spiro atoms. The lowest BCUT2D eigenvalue weighted by Crippen LogP contribution is -2.27. The molecule has 1 amide bonds. The predicted octanol–water partition coefficient (Wildman–Crippen LogP) is 5.53. The smallest absolute Gasteiger partial charge is 0.407 e. The number of alkyl carbamates (subject to hydrolysis) is 1. The van der Waals surface area contributed by atoms with Crippen LogP contribution in [0.4, 0.5) is 4.79 Å². The van der Waals surface area contributed by atoms with Gasteiger partial charge < -0.3 is 14.8 Å². The predicted molar refractivity (Wildman–Crippen MR) is 108 cm³/mol. The monoisotopic (exact) mass is 377 g/mol. The van der Waals surface area contributed by atoms with Crippen molar-refractivity contribution in [1.82, 2.24) is 5.32 Å². The van der Waals surface area contributed by atoms with Crippen LogP contribution in [0.5, 0.6) is 5.75 Å². The first-order valence-electron chi connectivity index (χ1n) is 10.00. The van der Waals surface area contributed by atoms with Crippen molar-refractivity contribution in [3.8, 4) is 5.75 Å². The maximum atomic E-state index is 12.3. The zero-order valence-corrected chi connectivity index (χ0v) is 17.6. The molecule has 5 nitrogen and oxygen atoms in total. The molecule has 0 atom stereocenters. The number of benzene rings is 1. The first-order chi connectivity index (χ1) is 12.7. The van der Waals surface area contributed by atoms with Gasteiger partial charge in [0.2, 0.25) is 0 Å². The number of para-hydroxylation sites is 1. The number of carbonyl (C=O) groups excluding carboxylic acids is 2. The number of ether oxygens (including phenoxy) is 2. The number of hydrogen-bond acceptors (Lipinski definition) is 4. The lowest BCUT2D eigenvalue weighted by Gasteiger charge is -2.18. The van der Waals surface area contributed by atoms with Crippen molar-refractivity contribution in [2.75, 3.05) is 6.54 Å². The Morgan fingerprint density at radius 3 is 2.04 bits per heavy atom. The summed E-state index contributed by atoms with van der Waals surface area (Å²) in [5.74, 6) is 1.12. The molecule has 0 unspecified atom stereocenters. The molecule has 0 saturated heterocycles. The number of rotatable bonds is 10. The Morgan fingerprint density at radius 1 is 0.926 bits per heavy atom. The summed E-state index contributed by atoms with van der Waals surface area (Å²) >= 11 is 0. The second kappa shape index (κ2) is 11.6. The maximum absolute atomic E-state index is 12.3. The van der Waals surface area contributed by atoms with Crippen LogP contribution < -0.4 is 10.1 Å². The first-order valence-corrected chi connectivity index (χ1v) is 10.00. The van der Waals surface area contributed by atoms with Crippen molar-refractivity contribution >= 4 is 12.1 Å². The average molecular weight is 378 g/mol. The fraction of sp³-hybridized carbons (Fsp3) is 0.636. The minimum atomic E-state index is -0.393. The van der Waals surface area contributed by atoms with Gasteiger partial charge in [-0.05, 0) is 49.7 Å². The molecule has 1 aromatic carbocycles. The molecule has 0 aliphatic rings. The van der Waals surface area contributed by atoms with E-state index < -0.39 is 6.09 Å². The van der Waals surface area contributed by atoms with Crippen LogP contribution in [0.1, 0.15) is 90.2 Å². The van der Waals surface area contributed by atoms with Crippen LogP contribution in [0.15, 0.2) is 18.2 Å². The van der Waals surface area contributed by atoms with Crippen LogP contribution in [0.3, 0.4) is 0 Å². The number of esters is 1. The second-order valence-electron chi connectivity index (χ2n) is 7.74. The number of carbonyl (C=O) groups is 2. The highest BCUT2D eigenvalue weighted by molar-refractivity contribution is 5.73. The van der Waals surface area contributed by atoms with Gasteiger partial charge in [0, 0.05) is 13.0 Å². The Labute approximate surface area is 163 Å². The Morgan fingerprint density at radius 2 is 1.52 bits per heavy atom. The van der Waals surface area contributed by atoms with E-state index in [4.69, 9.17) is 9.47 Å². The molecule has 152 valence electrons. The zero-order chi connectivity index (χ0) is 20.4. The van der Waals surface area contributed by atoms with Gasteiger partial charge in [-0.1, -0.05) is 52.3 Å². The molecular formula is C22H35NO4. The van der Waals surface area contributed by atoms with Crippen LogP contribution in [-0.2, 0) is 9.53 Å². The van der Waals surface area contributed by atoms with E-state index in [1.54, 1.807) is 0 Å². The van der Waals surface area contributed by atoms with E-state index in [-0.39, 0.29) is 12.1 Å². The van der Waals surface area contributed by atoms with Crippen LogP contribution >= 0.6 is 0 Å². The van der Waals surface area contributed by atoms with Gasteiger partial charge >= 0.3 is 12.1 Å². The van der Waals surface area contributed by atoms with Crippen LogP contribution in [0.2, 0.25) is 0 Å². The average Bonchev–Trinajstić information content (AvgIpc) is 2.57.